The average Bonchev–Trinajstić information content (AvgIpc) is 4.05. The second kappa shape index (κ2) is 19.1. The summed E-state index contributed by atoms with van der Waals surface area (Å²) >= 11 is 2.95. The summed E-state index contributed by atoms with van der Waals surface area (Å²) in [6, 6.07) is 11.3. The van der Waals surface area contributed by atoms with Crippen LogP contribution >= 0.6 is 35.1 Å². The topological polar surface area (TPSA) is 209 Å². The van der Waals surface area contributed by atoms with E-state index in [9.17, 15) is 4.79 Å². The molecule has 2 unspecified atom stereocenters. The lowest BCUT2D eigenvalue weighted by atomic mass is 10.2. The van der Waals surface area contributed by atoms with E-state index in [2.05, 4.69) is 40.7 Å². The fraction of sp³-hybridized carbons (Fsp3) is 0.410. The number of amides is 1. The van der Waals surface area contributed by atoms with Crippen LogP contribution in [0.3, 0.4) is 0 Å². The van der Waals surface area contributed by atoms with Gasteiger partial charge in [0.25, 0.3) is 0 Å². The van der Waals surface area contributed by atoms with Crippen LogP contribution in [0.1, 0.15) is 33.6 Å². The van der Waals surface area contributed by atoms with E-state index in [1.165, 1.54) is 22.7 Å². The number of aromatic nitrogens is 6. The van der Waals surface area contributed by atoms with Crippen molar-refractivity contribution in [3.05, 3.63) is 47.4 Å². The quantitative estimate of drug-likeness (QED) is 0.106. The molecule has 1 amide bonds. The van der Waals surface area contributed by atoms with Gasteiger partial charge in [-0.3, -0.25) is 0 Å². The van der Waals surface area contributed by atoms with Crippen molar-refractivity contribution in [1.29, 1.82) is 0 Å². The van der Waals surface area contributed by atoms with Gasteiger partial charge < -0.3 is 55.2 Å². The van der Waals surface area contributed by atoms with Crippen molar-refractivity contribution in [2.75, 3.05) is 75.1 Å². The SMILES string of the molecule is COc1ccc(Nc2nc(N3CCC(N)C3)nc3scnc23)cc1OC.COc1ccc(Nc2nc(N3CCC(NC(=O)OC(C)(C)C)C3)nc3scnc23)cc1OC.Cl. The van der Waals surface area contributed by atoms with Gasteiger partial charge in [0.15, 0.2) is 44.3 Å². The number of alkyl carbamates (subject to hydrolysis) is 1. The molecule has 0 bridgehead atoms. The number of rotatable bonds is 11. The lowest BCUT2D eigenvalue weighted by Crippen LogP contribution is -2.40. The Balaban J connectivity index is 0.000000203. The first-order valence-corrected chi connectivity index (χ1v) is 20.6. The number of thiazole rings is 2. The number of ether oxygens (including phenoxy) is 5. The minimum atomic E-state index is -0.534. The number of anilines is 6. The Hall–Kier alpha value is -5.70. The van der Waals surface area contributed by atoms with Crippen molar-refractivity contribution in [3.63, 3.8) is 0 Å². The highest BCUT2D eigenvalue weighted by Crippen LogP contribution is 2.35. The van der Waals surface area contributed by atoms with E-state index >= 15 is 0 Å². The Morgan fingerprint density at radius 2 is 1.20 bits per heavy atom. The number of fused-ring (bicyclic) bond motifs is 2. The molecule has 2 aromatic carbocycles. The molecular weight excluding hydrogens is 832 g/mol. The van der Waals surface area contributed by atoms with Gasteiger partial charge in [-0.1, -0.05) is 0 Å². The molecule has 60 heavy (non-hydrogen) atoms. The van der Waals surface area contributed by atoms with E-state index in [4.69, 9.17) is 44.4 Å². The molecule has 0 saturated carbocycles. The average molecular weight is 881 g/mol. The molecule has 2 fully saturated rings. The summed E-state index contributed by atoms with van der Waals surface area (Å²) < 4.78 is 26.7. The minimum Gasteiger partial charge on any atom is -0.493 e. The van der Waals surface area contributed by atoms with E-state index in [0.29, 0.717) is 58.6 Å². The maximum Gasteiger partial charge on any atom is 0.407 e. The maximum absolute atomic E-state index is 12.1. The van der Waals surface area contributed by atoms with Gasteiger partial charge in [0.2, 0.25) is 11.9 Å². The van der Waals surface area contributed by atoms with Gasteiger partial charge in [-0.25, -0.2) is 14.8 Å². The number of carbonyl (C=O) groups excluding carboxylic acids is 1. The van der Waals surface area contributed by atoms with Crippen molar-refractivity contribution in [3.8, 4) is 23.0 Å². The number of nitrogens with one attached hydrogen (secondary N) is 3. The summed E-state index contributed by atoms with van der Waals surface area (Å²) in [6.07, 6.45) is 1.31. The van der Waals surface area contributed by atoms with Crippen LogP contribution in [0.4, 0.5) is 39.7 Å². The second-order valence-electron chi connectivity index (χ2n) is 14.7. The number of carbonyl (C=O) groups is 1. The number of nitrogens with zero attached hydrogens (tertiary/aromatic N) is 8. The molecule has 6 aromatic rings. The van der Waals surface area contributed by atoms with Crippen molar-refractivity contribution < 1.29 is 28.5 Å². The van der Waals surface area contributed by atoms with Gasteiger partial charge in [-0.2, -0.15) is 19.9 Å². The summed E-state index contributed by atoms with van der Waals surface area (Å²) in [6.45, 7) is 8.48. The van der Waals surface area contributed by atoms with Gasteiger partial charge >= 0.3 is 6.09 Å². The molecule has 21 heteroatoms. The van der Waals surface area contributed by atoms with Crippen LogP contribution in [0.5, 0.6) is 23.0 Å². The van der Waals surface area contributed by atoms with Crippen molar-refractivity contribution in [1.82, 2.24) is 35.2 Å². The lowest BCUT2D eigenvalue weighted by Gasteiger charge is -2.22. The first-order chi connectivity index (χ1) is 28.4. The van der Waals surface area contributed by atoms with Crippen LogP contribution < -0.4 is 50.4 Å². The molecule has 0 aliphatic carbocycles. The first kappa shape index (κ1) is 43.9. The molecule has 0 radical (unpaired) electrons. The van der Waals surface area contributed by atoms with E-state index < -0.39 is 11.7 Å². The van der Waals surface area contributed by atoms with Crippen LogP contribution in [0.25, 0.3) is 20.7 Å². The van der Waals surface area contributed by atoms with Gasteiger partial charge in [0.05, 0.1) is 45.5 Å². The Labute approximate surface area is 361 Å². The lowest BCUT2D eigenvalue weighted by molar-refractivity contribution is 0.0509. The third kappa shape index (κ3) is 10.4. The zero-order chi connectivity index (χ0) is 41.7. The highest BCUT2D eigenvalue weighted by atomic mass is 35.5. The van der Waals surface area contributed by atoms with Crippen molar-refractivity contribution >= 4 is 96.8 Å². The molecule has 320 valence electrons. The first-order valence-electron chi connectivity index (χ1n) is 18.9. The summed E-state index contributed by atoms with van der Waals surface area (Å²) in [7, 11) is 6.42. The summed E-state index contributed by atoms with van der Waals surface area (Å²) in [5, 5.41) is 9.60. The summed E-state index contributed by atoms with van der Waals surface area (Å²) in [5.41, 5.74) is 12.1. The van der Waals surface area contributed by atoms with Crippen LogP contribution in [0, 0.1) is 0 Å². The van der Waals surface area contributed by atoms with Crippen molar-refractivity contribution in [2.45, 2.75) is 51.3 Å². The van der Waals surface area contributed by atoms with Gasteiger partial charge in [0.1, 0.15) is 16.6 Å². The van der Waals surface area contributed by atoms with E-state index in [0.717, 1.165) is 59.0 Å². The number of benzene rings is 2. The summed E-state index contributed by atoms with van der Waals surface area (Å²) in [4.78, 5) is 45.6. The number of methoxy groups -OCH3 is 4. The van der Waals surface area contributed by atoms with Gasteiger partial charge in [0, 0.05) is 55.7 Å². The third-order valence-corrected chi connectivity index (χ3v) is 10.8. The van der Waals surface area contributed by atoms with Gasteiger partial charge in [-0.15, -0.1) is 35.1 Å². The predicted octanol–water partition coefficient (Wildman–Crippen LogP) is 6.76. The molecule has 2 aliphatic heterocycles. The van der Waals surface area contributed by atoms with Crippen LogP contribution in [-0.4, -0.2) is 108 Å². The largest absolute Gasteiger partial charge is 0.493 e. The number of halogens is 1. The smallest absolute Gasteiger partial charge is 0.407 e. The maximum atomic E-state index is 12.1. The minimum absolute atomic E-state index is 0. The molecule has 0 spiro atoms. The standard InChI is InChI=1S/C22H28N6O4S.C17H20N6O2S.ClH/c1-22(2,3)32-21(29)25-14-8-9-28(11-14)20-26-18(17-19(27-20)33-12-23-17)24-13-6-7-15(30-4)16(10-13)31-5;1-24-12-4-3-11(7-13(12)25-2)20-15-14-16(26-9-19-14)22-17(21-15)23-6-5-10(18)8-23;/h6-7,10,12,14H,8-9,11H2,1-5H3,(H,25,29)(H,24,26,27);3-4,7,9-10H,5-6,8,18H2,1-2H3,(H,20,21,22);1H. The zero-order valence-electron chi connectivity index (χ0n) is 34.3. The van der Waals surface area contributed by atoms with Crippen LogP contribution in [-0.2, 0) is 4.74 Å². The predicted molar refractivity (Wildman–Crippen MR) is 238 cm³/mol. The fourth-order valence-corrected chi connectivity index (χ4v) is 7.87. The van der Waals surface area contributed by atoms with Crippen LogP contribution in [0.15, 0.2) is 47.4 Å². The molecule has 8 rings (SSSR count). The zero-order valence-corrected chi connectivity index (χ0v) is 36.8. The monoisotopic (exact) mass is 880 g/mol. The van der Waals surface area contributed by atoms with Crippen LogP contribution in [0.2, 0.25) is 0 Å². The summed E-state index contributed by atoms with van der Waals surface area (Å²) in [5.74, 6) is 5.11. The van der Waals surface area contributed by atoms with Crippen molar-refractivity contribution in [2.24, 2.45) is 5.73 Å². The van der Waals surface area contributed by atoms with E-state index in [1.54, 1.807) is 39.5 Å². The third-order valence-electron chi connectivity index (χ3n) is 9.36. The Bertz CT molecular complexity index is 2410. The fourth-order valence-electron chi connectivity index (χ4n) is 6.56. The molecule has 2 aliphatic rings. The Morgan fingerprint density at radius 1 is 0.717 bits per heavy atom. The molecule has 2 atom stereocenters. The molecule has 5 N–H and O–H groups in total. The highest BCUT2D eigenvalue weighted by Gasteiger charge is 2.29. The highest BCUT2D eigenvalue weighted by molar-refractivity contribution is 7.16. The second-order valence-corrected chi connectivity index (χ2v) is 16.4. The normalized spacial score (nSPS) is 16.1. The molecule has 6 heterocycles. The van der Waals surface area contributed by atoms with Gasteiger partial charge in [-0.05, 0) is 57.9 Å². The number of nitrogens with two attached hydrogens (primary N) is 1. The van der Waals surface area contributed by atoms with E-state index in [-0.39, 0.29) is 24.5 Å². The van der Waals surface area contributed by atoms with E-state index in [1.807, 2.05) is 57.2 Å². The molecular formula is C39H49ClN12O6S2. The molecule has 2 saturated heterocycles. The molecule has 4 aromatic heterocycles. The Morgan fingerprint density at radius 3 is 1.65 bits per heavy atom. The number of hydrogen-bond donors (Lipinski definition) is 4. The Kier molecular flexibility index (Phi) is 14.0. The molecule has 18 nitrogen and oxygen atoms in total. The number of hydrogen-bond acceptors (Lipinski definition) is 19.